The monoisotopic (exact) mass is 255 g/mol. The lowest BCUT2D eigenvalue weighted by molar-refractivity contribution is 0.381. The van der Waals surface area contributed by atoms with Gasteiger partial charge in [-0.15, -0.1) is 10.2 Å². The van der Waals surface area contributed by atoms with E-state index in [1.807, 2.05) is 0 Å². The molecule has 0 aliphatic carbocycles. The van der Waals surface area contributed by atoms with Crippen LogP contribution in [0, 0.1) is 0 Å². The van der Waals surface area contributed by atoms with Crippen molar-refractivity contribution >= 4 is 11.6 Å². The molecule has 0 unspecified atom stereocenters. The number of rotatable bonds is 3. The van der Waals surface area contributed by atoms with Crippen LogP contribution in [0.5, 0.6) is 0 Å². The van der Waals surface area contributed by atoms with E-state index in [9.17, 15) is 0 Å². The largest absolute Gasteiger partial charge is 0.440 e. The highest BCUT2D eigenvalue weighted by Gasteiger charge is 2.14. The van der Waals surface area contributed by atoms with E-state index in [-0.39, 0.29) is 5.54 Å². The van der Waals surface area contributed by atoms with Gasteiger partial charge >= 0.3 is 0 Å². The lowest BCUT2D eigenvalue weighted by Gasteiger charge is -2.18. The molecular weight excluding hydrogens is 242 g/mol. The van der Waals surface area contributed by atoms with Gasteiger partial charge in [0.05, 0.1) is 6.54 Å². The Morgan fingerprint density at radius 1 is 1.24 bits per heavy atom. The van der Waals surface area contributed by atoms with Crippen LogP contribution in [0.3, 0.4) is 0 Å². The molecule has 5 nitrogen and oxygen atoms in total. The van der Waals surface area contributed by atoms with Gasteiger partial charge in [-0.3, -0.25) is 0 Å². The van der Waals surface area contributed by atoms with Crippen molar-refractivity contribution in [2.45, 2.75) is 32.9 Å². The Labute approximate surface area is 104 Å². The van der Waals surface area contributed by atoms with Gasteiger partial charge in [-0.05, 0) is 44.5 Å². The molecule has 17 heavy (non-hydrogen) atoms. The molecule has 2 heterocycles. The summed E-state index contributed by atoms with van der Waals surface area (Å²) in [5.41, 5.74) is 0.00260. The first-order chi connectivity index (χ1) is 7.94. The van der Waals surface area contributed by atoms with Crippen molar-refractivity contribution < 1.29 is 8.83 Å². The minimum absolute atomic E-state index is 0.00260. The van der Waals surface area contributed by atoms with E-state index >= 15 is 0 Å². The average Bonchev–Trinajstić information content (AvgIpc) is 2.81. The van der Waals surface area contributed by atoms with Crippen molar-refractivity contribution in [1.82, 2.24) is 15.5 Å². The van der Waals surface area contributed by atoms with Gasteiger partial charge in [0.25, 0.3) is 5.89 Å². The number of nitrogens with one attached hydrogen (secondary N) is 1. The van der Waals surface area contributed by atoms with Gasteiger partial charge < -0.3 is 14.2 Å². The van der Waals surface area contributed by atoms with Crippen LogP contribution >= 0.6 is 11.6 Å². The second-order valence-electron chi connectivity index (χ2n) is 4.71. The molecule has 1 N–H and O–H groups in total. The van der Waals surface area contributed by atoms with Crippen molar-refractivity contribution in [2.75, 3.05) is 0 Å². The van der Waals surface area contributed by atoms with Gasteiger partial charge in [0.2, 0.25) is 5.89 Å². The summed E-state index contributed by atoms with van der Waals surface area (Å²) in [6.45, 7) is 6.72. The minimum atomic E-state index is 0.00260. The molecule has 92 valence electrons. The summed E-state index contributed by atoms with van der Waals surface area (Å²) in [5, 5.41) is 11.4. The third kappa shape index (κ3) is 3.31. The molecule has 0 amide bonds. The van der Waals surface area contributed by atoms with Crippen molar-refractivity contribution in [2.24, 2.45) is 0 Å². The third-order valence-corrected chi connectivity index (χ3v) is 2.22. The first kappa shape index (κ1) is 12.1. The first-order valence-corrected chi connectivity index (χ1v) is 5.65. The summed E-state index contributed by atoms with van der Waals surface area (Å²) in [6.07, 6.45) is 0. The van der Waals surface area contributed by atoms with Crippen molar-refractivity contribution in [3.8, 4) is 11.7 Å². The minimum Gasteiger partial charge on any atom is -0.440 e. The smallest absolute Gasteiger partial charge is 0.283 e. The van der Waals surface area contributed by atoms with Gasteiger partial charge in [-0.25, -0.2) is 0 Å². The van der Waals surface area contributed by atoms with Crippen LogP contribution in [0.4, 0.5) is 0 Å². The van der Waals surface area contributed by atoms with Crippen molar-refractivity contribution in [3.63, 3.8) is 0 Å². The lowest BCUT2D eigenvalue weighted by Crippen LogP contribution is -2.35. The van der Waals surface area contributed by atoms with Crippen LogP contribution in [-0.4, -0.2) is 15.7 Å². The summed E-state index contributed by atoms with van der Waals surface area (Å²) >= 11 is 5.67. The molecule has 0 aliphatic heterocycles. The highest BCUT2D eigenvalue weighted by Crippen LogP contribution is 2.23. The SMILES string of the molecule is CC(C)(C)NCc1nnc(-c2ccc(Cl)o2)o1. The molecular formula is C11H14ClN3O2. The number of halogens is 1. The van der Waals surface area contributed by atoms with E-state index in [2.05, 4.69) is 36.3 Å². The Bertz CT molecular complexity index is 499. The molecule has 0 spiro atoms. The summed E-state index contributed by atoms with van der Waals surface area (Å²) in [4.78, 5) is 0. The highest BCUT2D eigenvalue weighted by molar-refractivity contribution is 6.28. The Hall–Kier alpha value is -1.33. The fraction of sp³-hybridized carbons (Fsp3) is 0.455. The quantitative estimate of drug-likeness (QED) is 0.914. The van der Waals surface area contributed by atoms with Gasteiger partial charge in [-0.2, -0.15) is 0 Å². The van der Waals surface area contributed by atoms with Gasteiger partial charge in [-0.1, -0.05) is 0 Å². The number of hydrogen-bond donors (Lipinski definition) is 1. The van der Waals surface area contributed by atoms with E-state index in [1.54, 1.807) is 12.1 Å². The van der Waals surface area contributed by atoms with Crippen molar-refractivity contribution in [1.29, 1.82) is 0 Å². The average molecular weight is 256 g/mol. The Morgan fingerprint density at radius 3 is 2.59 bits per heavy atom. The zero-order valence-electron chi connectivity index (χ0n) is 9.95. The predicted molar refractivity (Wildman–Crippen MR) is 63.6 cm³/mol. The summed E-state index contributed by atoms with van der Waals surface area (Å²) in [5.74, 6) is 1.33. The molecule has 0 bridgehead atoms. The number of hydrogen-bond acceptors (Lipinski definition) is 5. The van der Waals surface area contributed by atoms with E-state index in [0.717, 1.165) is 0 Å². The maximum absolute atomic E-state index is 5.67. The van der Waals surface area contributed by atoms with E-state index < -0.39 is 0 Å². The van der Waals surface area contributed by atoms with Crippen LogP contribution < -0.4 is 5.32 Å². The maximum atomic E-state index is 5.67. The molecule has 0 saturated heterocycles. The number of aromatic nitrogens is 2. The Balaban J connectivity index is 2.06. The lowest BCUT2D eigenvalue weighted by atomic mass is 10.1. The van der Waals surface area contributed by atoms with Crippen LogP contribution in [0.1, 0.15) is 26.7 Å². The third-order valence-electron chi connectivity index (χ3n) is 2.02. The van der Waals surface area contributed by atoms with E-state index in [1.165, 1.54) is 0 Å². The Morgan fingerprint density at radius 2 is 2.00 bits per heavy atom. The van der Waals surface area contributed by atoms with Crippen LogP contribution in [-0.2, 0) is 6.54 Å². The molecule has 0 atom stereocenters. The Kier molecular flexibility index (Phi) is 3.22. The van der Waals surface area contributed by atoms with Gasteiger partial charge in [0.1, 0.15) is 0 Å². The fourth-order valence-electron chi connectivity index (χ4n) is 1.19. The van der Waals surface area contributed by atoms with Crippen LogP contribution in [0.15, 0.2) is 21.0 Å². The van der Waals surface area contributed by atoms with E-state index in [0.29, 0.717) is 29.3 Å². The summed E-state index contributed by atoms with van der Waals surface area (Å²) in [6, 6.07) is 3.32. The van der Waals surface area contributed by atoms with Crippen molar-refractivity contribution in [3.05, 3.63) is 23.2 Å². The second kappa shape index (κ2) is 4.50. The summed E-state index contributed by atoms with van der Waals surface area (Å²) < 4.78 is 10.6. The highest BCUT2D eigenvalue weighted by atomic mass is 35.5. The normalized spacial score (nSPS) is 12.0. The summed E-state index contributed by atoms with van der Waals surface area (Å²) in [7, 11) is 0. The second-order valence-corrected chi connectivity index (χ2v) is 5.08. The standard InChI is InChI=1S/C11H14ClN3O2/c1-11(2,3)13-6-9-14-15-10(17-9)7-4-5-8(12)16-7/h4-5,13H,6H2,1-3H3. The van der Waals surface area contributed by atoms with Crippen LogP contribution in [0.25, 0.3) is 11.7 Å². The number of furan rings is 1. The van der Waals surface area contributed by atoms with Gasteiger partial charge in [0.15, 0.2) is 11.0 Å². The molecule has 2 aromatic heterocycles. The molecule has 2 rings (SSSR count). The molecule has 6 heteroatoms. The molecule has 0 fully saturated rings. The van der Waals surface area contributed by atoms with E-state index in [4.69, 9.17) is 20.4 Å². The first-order valence-electron chi connectivity index (χ1n) is 5.27. The topological polar surface area (TPSA) is 64.1 Å². The fourth-order valence-corrected chi connectivity index (χ4v) is 1.34. The zero-order chi connectivity index (χ0) is 12.5. The van der Waals surface area contributed by atoms with Crippen LogP contribution in [0.2, 0.25) is 5.22 Å². The maximum Gasteiger partial charge on any atom is 0.283 e. The van der Waals surface area contributed by atoms with Gasteiger partial charge in [0, 0.05) is 5.54 Å². The predicted octanol–water partition coefficient (Wildman–Crippen LogP) is 2.87. The molecule has 0 radical (unpaired) electrons. The molecule has 2 aromatic rings. The molecule has 0 saturated carbocycles. The number of nitrogens with zero attached hydrogens (tertiary/aromatic N) is 2. The molecule has 0 aliphatic rings. The molecule has 0 aromatic carbocycles. The zero-order valence-corrected chi connectivity index (χ0v) is 10.7.